The van der Waals surface area contributed by atoms with Crippen LogP contribution >= 0.6 is 27.3 Å². The van der Waals surface area contributed by atoms with Crippen LogP contribution in [-0.2, 0) is 11.2 Å². The molecule has 1 aromatic heterocycles. The van der Waals surface area contributed by atoms with Crippen molar-refractivity contribution in [2.75, 3.05) is 13.7 Å². The number of aryl methyl sites for hydroxylation is 1. The van der Waals surface area contributed by atoms with Crippen LogP contribution < -0.4 is 5.32 Å². The summed E-state index contributed by atoms with van der Waals surface area (Å²) in [4.78, 5) is 1.54. The Morgan fingerprint density at radius 1 is 1.69 bits per heavy atom. The third kappa shape index (κ3) is 2.86. The fraction of sp³-hybridized carbons (Fsp3) is 0.667. The van der Waals surface area contributed by atoms with Gasteiger partial charge in [-0.3, -0.25) is 0 Å². The molecule has 1 N–H and O–H groups in total. The van der Waals surface area contributed by atoms with Crippen molar-refractivity contribution in [1.29, 1.82) is 0 Å². The van der Waals surface area contributed by atoms with E-state index in [1.54, 1.807) is 12.0 Å². The lowest BCUT2D eigenvalue weighted by Crippen LogP contribution is -2.31. The predicted molar refractivity (Wildman–Crippen MR) is 72.2 cm³/mol. The highest BCUT2D eigenvalue weighted by Crippen LogP contribution is 2.37. The van der Waals surface area contributed by atoms with Gasteiger partial charge in [0.05, 0.1) is 9.89 Å². The van der Waals surface area contributed by atoms with Gasteiger partial charge in [0.25, 0.3) is 0 Å². The van der Waals surface area contributed by atoms with Crippen LogP contribution in [0.2, 0.25) is 0 Å². The smallest absolute Gasteiger partial charge is 0.0704 e. The van der Waals surface area contributed by atoms with Gasteiger partial charge >= 0.3 is 0 Å². The fourth-order valence-electron chi connectivity index (χ4n) is 2.12. The minimum atomic E-state index is 0.285. The van der Waals surface area contributed by atoms with E-state index in [-0.39, 0.29) is 6.10 Å². The van der Waals surface area contributed by atoms with Crippen LogP contribution in [0.1, 0.15) is 36.2 Å². The Hall–Kier alpha value is 0.100. The SMILES string of the molecule is COC(C)CNC1CCCc2sc(Br)cc21. The van der Waals surface area contributed by atoms with E-state index < -0.39 is 0 Å². The van der Waals surface area contributed by atoms with Gasteiger partial charge in [0.15, 0.2) is 0 Å². The second kappa shape index (κ2) is 5.63. The lowest BCUT2D eigenvalue weighted by molar-refractivity contribution is 0.113. The van der Waals surface area contributed by atoms with Crippen LogP contribution in [-0.4, -0.2) is 19.8 Å². The Bertz CT molecular complexity index is 353. The van der Waals surface area contributed by atoms with E-state index >= 15 is 0 Å². The lowest BCUT2D eigenvalue weighted by atomic mass is 9.94. The Morgan fingerprint density at radius 3 is 3.25 bits per heavy atom. The van der Waals surface area contributed by atoms with Gasteiger partial charge in [-0.15, -0.1) is 11.3 Å². The van der Waals surface area contributed by atoms with E-state index in [1.165, 1.54) is 28.6 Å². The molecule has 2 unspecified atom stereocenters. The van der Waals surface area contributed by atoms with Gasteiger partial charge in [-0.05, 0) is 53.7 Å². The van der Waals surface area contributed by atoms with Gasteiger partial charge in [0.2, 0.25) is 0 Å². The molecule has 0 fully saturated rings. The van der Waals surface area contributed by atoms with Gasteiger partial charge in [-0.1, -0.05) is 0 Å². The minimum Gasteiger partial charge on any atom is -0.380 e. The molecule has 0 aromatic carbocycles. The van der Waals surface area contributed by atoms with Crippen LogP contribution in [0, 0.1) is 0 Å². The van der Waals surface area contributed by atoms with Crippen molar-refractivity contribution in [1.82, 2.24) is 5.32 Å². The molecular formula is C12H18BrNOS. The van der Waals surface area contributed by atoms with Crippen LogP contribution in [0.4, 0.5) is 0 Å². The van der Waals surface area contributed by atoms with Crippen molar-refractivity contribution in [3.63, 3.8) is 0 Å². The molecule has 0 saturated heterocycles. The molecule has 2 rings (SSSR count). The number of nitrogens with one attached hydrogen (secondary N) is 1. The number of methoxy groups -OCH3 is 1. The summed E-state index contributed by atoms with van der Waals surface area (Å²) in [5, 5.41) is 3.60. The standard InChI is InChI=1S/C12H18BrNOS/c1-8(15-2)7-14-10-4-3-5-11-9(10)6-12(13)16-11/h6,8,10,14H,3-5,7H2,1-2H3. The van der Waals surface area contributed by atoms with E-state index in [0.717, 1.165) is 6.54 Å². The average Bonchev–Trinajstić information content (AvgIpc) is 2.66. The van der Waals surface area contributed by atoms with Gasteiger partial charge in [-0.2, -0.15) is 0 Å². The largest absolute Gasteiger partial charge is 0.380 e. The maximum absolute atomic E-state index is 5.27. The lowest BCUT2D eigenvalue weighted by Gasteiger charge is -2.25. The molecule has 0 bridgehead atoms. The highest BCUT2D eigenvalue weighted by molar-refractivity contribution is 9.11. The number of thiophene rings is 1. The first-order valence-electron chi connectivity index (χ1n) is 5.75. The normalized spacial score (nSPS) is 21.8. The van der Waals surface area contributed by atoms with Crippen molar-refractivity contribution in [2.24, 2.45) is 0 Å². The molecule has 0 spiro atoms. The number of hydrogen-bond donors (Lipinski definition) is 1. The zero-order chi connectivity index (χ0) is 11.5. The number of halogens is 1. The second-order valence-corrected chi connectivity index (χ2v) is 6.84. The van der Waals surface area contributed by atoms with Crippen molar-refractivity contribution in [3.8, 4) is 0 Å². The molecule has 1 heterocycles. The van der Waals surface area contributed by atoms with E-state index in [1.807, 2.05) is 11.3 Å². The summed E-state index contributed by atoms with van der Waals surface area (Å²) in [6.45, 7) is 3.02. The van der Waals surface area contributed by atoms with Crippen molar-refractivity contribution < 1.29 is 4.74 Å². The highest BCUT2D eigenvalue weighted by Gasteiger charge is 2.22. The number of fused-ring (bicyclic) bond motifs is 1. The Labute approximate surface area is 110 Å². The zero-order valence-corrected chi connectivity index (χ0v) is 12.2. The van der Waals surface area contributed by atoms with Gasteiger partial charge < -0.3 is 10.1 Å². The van der Waals surface area contributed by atoms with Crippen LogP contribution in [0.25, 0.3) is 0 Å². The molecule has 1 aliphatic carbocycles. The predicted octanol–water partition coefficient (Wildman–Crippen LogP) is 3.51. The monoisotopic (exact) mass is 303 g/mol. The zero-order valence-electron chi connectivity index (χ0n) is 9.75. The molecule has 2 atom stereocenters. The molecule has 0 amide bonds. The van der Waals surface area contributed by atoms with E-state index in [9.17, 15) is 0 Å². The van der Waals surface area contributed by atoms with E-state index in [4.69, 9.17) is 4.74 Å². The van der Waals surface area contributed by atoms with Crippen molar-refractivity contribution in [3.05, 3.63) is 20.3 Å². The summed E-state index contributed by atoms with van der Waals surface area (Å²) >= 11 is 5.46. The molecule has 0 radical (unpaired) electrons. The quantitative estimate of drug-likeness (QED) is 0.919. The third-order valence-electron chi connectivity index (χ3n) is 3.14. The summed E-state index contributed by atoms with van der Waals surface area (Å²) in [5.41, 5.74) is 1.49. The van der Waals surface area contributed by atoms with Crippen LogP contribution in [0.3, 0.4) is 0 Å². The molecule has 2 nitrogen and oxygen atoms in total. The maximum atomic E-state index is 5.27. The van der Waals surface area contributed by atoms with E-state index in [2.05, 4.69) is 34.2 Å². The second-order valence-electron chi connectivity index (χ2n) is 4.33. The Balaban J connectivity index is 2.01. The first-order chi connectivity index (χ1) is 7.70. The molecule has 1 aromatic rings. The summed E-state index contributed by atoms with van der Waals surface area (Å²) in [7, 11) is 1.76. The van der Waals surface area contributed by atoms with E-state index in [0.29, 0.717) is 6.04 Å². The molecule has 1 aliphatic rings. The topological polar surface area (TPSA) is 21.3 Å². The van der Waals surface area contributed by atoms with Crippen LogP contribution in [0.15, 0.2) is 9.85 Å². The first-order valence-corrected chi connectivity index (χ1v) is 7.36. The molecule has 4 heteroatoms. The number of rotatable bonds is 4. The number of ether oxygens (including phenoxy) is 1. The maximum Gasteiger partial charge on any atom is 0.0704 e. The fourth-order valence-corrected chi connectivity index (χ4v) is 3.94. The van der Waals surface area contributed by atoms with Gasteiger partial charge in [-0.25, -0.2) is 0 Å². The highest BCUT2D eigenvalue weighted by atomic mass is 79.9. The Morgan fingerprint density at radius 2 is 2.50 bits per heavy atom. The minimum absolute atomic E-state index is 0.285. The molecule has 0 saturated carbocycles. The summed E-state index contributed by atoms with van der Waals surface area (Å²) in [6.07, 6.45) is 4.06. The molecule has 16 heavy (non-hydrogen) atoms. The van der Waals surface area contributed by atoms with Crippen molar-refractivity contribution in [2.45, 2.75) is 38.3 Å². The Kier molecular flexibility index (Phi) is 4.41. The average molecular weight is 304 g/mol. The number of hydrogen-bond acceptors (Lipinski definition) is 3. The van der Waals surface area contributed by atoms with Gasteiger partial charge in [0, 0.05) is 24.6 Å². The summed E-state index contributed by atoms with van der Waals surface area (Å²) < 4.78 is 6.52. The van der Waals surface area contributed by atoms with Gasteiger partial charge in [0.1, 0.15) is 0 Å². The van der Waals surface area contributed by atoms with Crippen LogP contribution in [0.5, 0.6) is 0 Å². The molecular weight excluding hydrogens is 286 g/mol. The first kappa shape index (κ1) is 12.6. The molecule has 0 aliphatic heterocycles. The van der Waals surface area contributed by atoms with Crippen molar-refractivity contribution >= 4 is 27.3 Å². The summed E-state index contributed by atoms with van der Waals surface area (Å²) in [6, 6.07) is 2.79. The third-order valence-corrected chi connectivity index (χ3v) is 4.85. The summed E-state index contributed by atoms with van der Waals surface area (Å²) in [5.74, 6) is 0. The molecule has 90 valence electrons.